The Morgan fingerprint density at radius 3 is 2.84 bits per heavy atom. The normalized spacial score (nSPS) is 10.9. The van der Waals surface area contributed by atoms with Crippen LogP contribution in [-0.4, -0.2) is 24.0 Å². The fourth-order valence-electron chi connectivity index (χ4n) is 2.25. The predicted octanol–water partition coefficient (Wildman–Crippen LogP) is 2.56. The van der Waals surface area contributed by atoms with Crippen molar-refractivity contribution in [3.63, 3.8) is 0 Å². The van der Waals surface area contributed by atoms with Crippen LogP contribution in [0.1, 0.15) is 16.3 Å². The van der Waals surface area contributed by atoms with E-state index in [1.54, 1.807) is 36.5 Å². The molecule has 0 saturated heterocycles. The zero-order valence-corrected chi connectivity index (χ0v) is 13.2. The van der Waals surface area contributed by atoms with Crippen molar-refractivity contribution in [2.45, 2.75) is 0 Å². The highest BCUT2D eigenvalue weighted by Crippen LogP contribution is 2.17. The number of H-pyrrole nitrogens is 1. The smallest absolute Gasteiger partial charge is 0.330 e. The highest BCUT2D eigenvalue weighted by Gasteiger charge is 2.11. The van der Waals surface area contributed by atoms with E-state index in [1.165, 1.54) is 25.3 Å². The number of amides is 1. The first kappa shape index (κ1) is 16.3. The van der Waals surface area contributed by atoms with Crippen LogP contribution in [0.3, 0.4) is 0 Å². The number of carbonyl (C=O) groups excluding carboxylic acids is 2. The maximum absolute atomic E-state index is 12.2. The Balaban J connectivity index is 1.76. The maximum Gasteiger partial charge on any atom is 0.330 e. The summed E-state index contributed by atoms with van der Waals surface area (Å²) in [5.41, 5.74) is 0.342. The average molecular weight is 338 g/mol. The summed E-state index contributed by atoms with van der Waals surface area (Å²) >= 11 is 0. The topological polar surface area (TPSA) is 101 Å². The third-order valence-corrected chi connectivity index (χ3v) is 3.47. The highest BCUT2D eigenvalue weighted by atomic mass is 16.5. The lowest BCUT2D eigenvalue weighted by Crippen LogP contribution is -2.11. The molecule has 0 saturated carbocycles. The molecule has 25 heavy (non-hydrogen) atoms. The van der Waals surface area contributed by atoms with E-state index >= 15 is 0 Å². The van der Waals surface area contributed by atoms with Gasteiger partial charge in [-0.2, -0.15) is 0 Å². The Bertz CT molecular complexity index is 1030. The number of anilines is 1. The molecule has 1 amide bonds. The molecule has 0 unspecified atom stereocenters. The van der Waals surface area contributed by atoms with Crippen molar-refractivity contribution in [1.29, 1.82) is 0 Å². The number of hydrogen-bond acceptors (Lipinski definition) is 5. The van der Waals surface area contributed by atoms with Gasteiger partial charge in [0.05, 0.1) is 7.11 Å². The van der Waals surface area contributed by atoms with E-state index in [0.717, 1.165) is 0 Å². The number of fused-ring (bicyclic) bond motifs is 1. The number of furan rings is 1. The molecule has 7 nitrogen and oxygen atoms in total. The average Bonchev–Trinajstić information content (AvgIpc) is 3.09. The fourth-order valence-corrected chi connectivity index (χ4v) is 2.25. The van der Waals surface area contributed by atoms with Crippen LogP contribution in [-0.2, 0) is 9.53 Å². The Kier molecular flexibility index (Phi) is 4.47. The summed E-state index contributed by atoms with van der Waals surface area (Å²) in [7, 11) is 1.27. The predicted molar refractivity (Wildman–Crippen MR) is 92.3 cm³/mol. The molecule has 0 aliphatic rings. The van der Waals surface area contributed by atoms with Gasteiger partial charge in [0.1, 0.15) is 5.76 Å². The number of nitrogens with one attached hydrogen (secondary N) is 2. The van der Waals surface area contributed by atoms with Gasteiger partial charge < -0.3 is 19.5 Å². The van der Waals surface area contributed by atoms with Gasteiger partial charge in [0, 0.05) is 23.3 Å². The van der Waals surface area contributed by atoms with E-state index in [1.807, 2.05) is 0 Å². The lowest BCUT2D eigenvalue weighted by Gasteiger charge is -2.04. The Labute approximate surface area is 141 Å². The molecule has 2 heterocycles. The van der Waals surface area contributed by atoms with Gasteiger partial charge in [-0.15, -0.1) is 0 Å². The molecular weight excluding hydrogens is 324 g/mol. The molecule has 0 aliphatic heterocycles. The van der Waals surface area contributed by atoms with E-state index in [9.17, 15) is 14.4 Å². The van der Waals surface area contributed by atoms with Gasteiger partial charge in [0.15, 0.2) is 5.76 Å². The van der Waals surface area contributed by atoms with Crippen LogP contribution in [0.25, 0.3) is 16.8 Å². The van der Waals surface area contributed by atoms with Crippen LogP contribution in [0.2, 0.25) is 0 Å². The monoisotopic (exact) mass is 338 g/mol. The van der Waals surface area contributed by atoms with Crippen molar-refractivity contribution in [2.75, 3.05) is 12.4 Å². The Hall–Kier alpha value is -3.61. The molecule has 0 radical (unpaired) electrons. The number of pyridine rings is 1. The minimum atomic E-state index is -0.520. The summed E-state index contributed by atoms with van der Waals surface area (Å²) in [5, 5.41) is 3.95. The van der Waals surface area contributed by atoms with Crippen LogP contribution >= 0.6 is 0 Å². The van der Waals surface area contributed by atoms with Crippen LogP contribution in [0.4, 0.5) is 5.69 Å². The first-order chi connectivity index (χ1) is 12.1. The van der Waals surface area contributed by atoms with Crippen LogP contribution in [0.5, 0.6) is 0 Å². The molecular formula is C18H14N2O5. The third kappa shape index (κ3) is 3.66. The van der Waals surface area contributed by atoms with E-state index in [0.29, 0.717) is 22.2 Å². The van der Waals surface area contributed by atoms with Crippen molar-refractivity contribution >= 4 is 34.4 Å². The second-order valence-corrected chi connectivity index (χ2v) is 5.12. The minimum absolute atomic E-state index is 0.0931. The van der Waals surface area contributed by atoms with Crippen LogP contribution < -0.4 is 10.9 Å². The van der Waals surface area contributed by atoms with Crippen molar-refractivity contribution in [2.24, 2.45) is 0 Å². The quantitative estimate of drug-likeness (QED) is 0.562. The number of methoxy groups -OCH3 is 1. The van der Waals surface area contributed by atoms with Gasteiger partial charge in [-0.25, -0.2) is 4.79 Å². The van der Waals surface area contributed by atoms with Crippen molar-refractivity contribution in [3.05, 3.63) is 70.5 Å². The summed E-state index contributed by atoms with van der Waals surface area (Å²) in [4.78, 5) is 37.5. The number of benzene rings is 1. The minimum Gasteiger partial charge on any atom is -0.466 e. The van der Waals surface area contributed by atoms with Crippen molar-refractivity contribution < 1.29 is 18.7 Å². The molecule has 0 atom stereocenters. The molecule has 0 aliphatic carbocycles. The van der Waals surface area contributed by atoms with Gasteiger partial charge >= 0.3 is 5.97 Å². The molecule has 3 rings (SSSR count). The first-order valence-corrected chi connectivity index (χ1v) is 7.35. The molecule has 2 aromatic heterocycles. The molecule has 2 N–H and O–H groups in total. The van der Waals surface area contributed by atoms with E-state index in [4.69, 9.17) is 4.42 Å². The second kappa shape index (κ2) is 6.88. The summed E-state index contributed by atoms with van der Waals surface area (Å²) in [6.07, 6.45) is 4.15. The molecule has 0 spiro atoms. The maximum atomic E-state index is 12.2. The fraction of sp³-hybridized carbons (Fsp3) is 0.0556. The zero-order chi connectivity index (χ0) is 17.8. The largest absolute Gasteiger partial charge is 0.466 e. The van der Waals surface area contributed by atoms with E-state index in [2.05, 4.69) is 15.0 Å². The third-order valence-electron chi connectivity index (χ3n) is 3.47. The number of carbonyl (C=O) groups is 2. The Morgan fingerprint density at radius 1 is 1.20 bits per heavy atom. The molecule has 0 fully saturated rings. The molecule has 126 valence electrons. The van der Waals surface area contributed by atoms with Crippen molar-refractivity contribution in [3.8, 4) is 0 Å². The van der Waals surface area contributed by atoms with Gasteiger partial charge in [-0.05, 0) is 47.9 Å². The van der Waals surface area contributed by atoms with E-state index in [-0.39, 0.29) is 11.3 Å². The van der Waals surface area contributed by atoms with Crippen molar-refractivity contribution in [1.82, 2.24) is 4.98 Å². The number of ether oxygens (including phenoxy) is 1. The summed E-state index contributed by atoms with van der Waals surface area (Å²) in [5.74, 6) is -0.522. The Morgan fingerprint density at radius 2 is 2.04 bits per heavy atom. The van der Waals surface area contributed by atoms with E-state index < -0.39 is 11.9 Å². The molecule has 1 aromatic carbocycles. The number of esters is 1. The summed E-state index contributed by atoms with van der Waals surface area (Å²) in [6, 6.07) is 9.78. The molecule has 7 heteroatoms. The summed E-state index contributed by atoms with van der Waals surface area (Å²) < 4.78 is 9.84. The van der Waals surface area contributed by atoms with Crippen LogP contribution in [0.15, 0.2) is 57.9 Å². The van der Waals surface area contributed by atoms with Gasteiger partial charge in [0.2, 0.25) is 0 Å². The molecule has 3 aromatic rings. The number of aromatic amines is 1. The molecule has 0 bridgehead atoms. The van der Waals surface area contributed by atoms with Gasteiger partial charge in [-0.3, -0.25) is 9.59 Å². The second-order valence-electron chi connectivity index (χ2n) is 5.12. The number of aromatic nitrogens is 1. The SMILES string of the molecule is COC(=O)/C=C/c1ccc(C(=O)Nc2ccc3c(=O)[nH]ccc3c2)o1. The number of hydrogen-bond donors (Lipinski definition) is 2. The number of rotatable bonds is 4. The van der Waals surface area contributed by atoms with Gasteiger partial charge in [-0.1, -0.05) is 0 Å². The first-order valence-electron chi connectivity index (χ1n) is 7.35. The standard InChI is InChI=1S/C18H14N2O5/c1-24-16(21)7-4-13-3-6-15(25-13)18(23)20-12-2-5-14-11(10-12)8-9-19-17(14)22/h2-10H,1H3,(H,19,22)(H,20,23)/b7-4+. The highest BCUT2D eigenvalue weighted by molar-refractivity contribution is 6.03. The lowest BCUT2D eigenvalue weighted by atomic mass is 10.1. The zero-order valence-electron chi connectivity index (χ0n) is 13.2. The van der Waals surface area contributed by atoms with Crippen LogP contribution in [0, 0.1) is 0 Å². The summed E-state index contributed by atoms with van der Waals surface area (Å²) in [6.45, 7) is 0. The lowest BCUT2D eigenvalue weighted by molar-refractivity contribution is -0.134. The van der Waals surface area contributed by atoms with Gasteiger partial charge in [0.25, 0.3) is 11.5 Å².